The first kappa shape index (κ1) is 21.1. The normalized spacial score (nSPS) is 11.2. The van der Waals surface area contributed by atoms with Gasteiger partial charge in [-0.2, -0.15) is 0 Å². The average molecular weight is 415 g/mol. The number of hydrogen-bond donors (Lipinski definition) is 1. The SMILES string of the molecule is CC[NH+](CC)CCN(C(=O)c1ccc(C(C)=O)cc1)c1nc2ccc(F)cc2s1. The van der Waals surface area contributed by atoms with Crippen molar-refractivity contribution in [3.05, 3.63) is 59.4 Å². The van der Waals surface area contributed by atoms with Gasteiger partial charge in [-0.05, 0) is 51.1 Å². The van der Waals surface area contributed by atoms with Crippen LogP contribution < -0.4 is 9.80 Å². The standard InChI is InChI=1S/C22H24FN3O2S/c1-4-25(5-2)12-13-26(21(28)17-8-6-16(7-9-17)15(3)27)22-24-19-11-10-18(23)14-20(19)29-22/h6-11,14H,4-5,12-13H2,1-3H3/p+1. The highest BCUT2D eigenvalue weighted by Crippen LogP contribution is 2.30. The van der Waals surface area contributed by atoms with Crippen molar-refractivity contribution in [2.45, 2.75) is 20.8 Å². The molecule has 0 aliphatic carbocycles. The third-order valence-electron chi connectivity index (χ3n) is 5.04. The molecule has 0 spiro atoms. The van der Waals surface area contributed by atoms with Crippen LogP contribution in [-0.2, 0) is 0 Å². The number of hydrogen-bond acceptors (Lipinski definition) is 4. The fourth-order valence-electron chi connectivity index (χ4n) is 3.16. The van der Waals surface area contributed by atoms with E-state index < -0.39 is 0 Å². The molecule has 0 saturated carbocycles. The molecule has 3 aromatic rings. The Morgan fingerprint density at radius 2 is 1.72 bits per heavy atom. The molecule has 5 nitrogen and oxygen atoms in total. The molecule has 29 heavy (non-hydrogen) atoms. The molecule has 0 atom stereocenters. The van der Waals surface area contributed by atoms with Crippen LogP contribution in [0, 0.1) is 5.82 Å². The predicted molar refractivity (Wildman–Crippen MR) is 115 cm³/mol. The molecule has 2 aromatic carbocycles. The maximum Gasteiger partial charge on any atom is 0.260 e. The highest BCUT2D eigenvalue weighted by molar-refractivity contribution is 7.22. The molecular formula is C22H25FN3O2S+. The van der Waals surface area contributed by atoms with Crippen molar-refractivity contribution in [1.29, 1.82) is 0 Å². The fraction of sp³-hybridized carbons (Fsp3) is 0.318. The molecule has 1 N–H and O–H groups in total. The summed E-state index contributed by atoms with van der Waals surface area (Å²) in [5.41, 5.74) is 1.73. The number of anilines is 1. The molecule has 3 rings (SSSR count). The van der Waals surface area contributed by atoms with Gasteiger partial charge in [-0.15, -0.1) is 0 Å². The Kier molecular flexibility index (Phi) is 6.71. The van der Waals surface area contributed by atoms with E-state index in [0.717, 1.165) is 19.6 Å². The van der Waals surface area contributed by atoms with E-state index in [1.165, 1.54) is 35.3 Å². The van der Waals surface area contributed by atoms with Crippen molar-refractivity contribution in [1.82, 2.24) is 4.98 Å². The summed E-state index contributed by atoms with van der Waals surface area (Å²) < 4.78 is 14.3. The lowest BCUT2D eigenvalue weighted by Crippen LogP contribution is -3.12. The van der Waals surface area contributed by atoms with Gasteiger partial charge >= 0.3 is 0 Å². The van der Waals surface area contributed by atoms with Gasteiger partial charge in [0.25, 0.3) is 5.91 Å². The number of halogens is 1. The van der Waals surface area contributed by atoms with E-state index in [4.69, 9.17) is 0 Å². The first-order valence-electron chi connectivity index (χ1n) is 9.75. The van der Waals surface area contributed by atoms with Gasteiger partial charge in [-0.1, -0.05) is 23.5 Å². The van der Waals surface area contributed by atoms with E-state index in [2.05, 4.69) is 18.8 Å². The number of fused-ring (bicyclic) bond motifs is 1. The smallest absolute Gasteiger partial charge is 0.260 e. The zero-order valence-electron chi connectivity index (χ0n) is 16.9. The molecule has 0 aliphatic rings. The summed E-state index contributed by atoms with van der Waals surface area (Å²) >= 11 is 1.31. The number of rotatable bonds is 8. The van der Waals surface area contributed by atoms with E-state index >= 15 is 0 Å². The van der Waals surface area contributed by atoms with Crippen LogP contribution in [0.2, 0.25) is 0 Å². The number of amides is 1. The second-order valence-corrected chi connectivity index (χ2v) is 7.92. The summed E-state index contributed by atoms with van der Waals surface area (Å²) in [6.07, 6.45) is 0. The zero-order chi connectivity index (χ0) is 21.0. The van der Waals surface area contributed by atoms with Crippen LogP contribution in [0.5, 0.6) is 0 Å². The van der Waals surface area contributed by atoms with Crippen LogP contribution in [0.1, 0.15) is 41.5 Å². The minimum absolute atomic E-state index is 0.0424. The summed E-state index contributed by atoms with van der Waals surface area (Å²) in [7, 11) is 0. The number of carbonyl (C=O) groups excluding carboxylic acids is 2. The number of aromatic nitrogens is 1. The van der Waals surface area contributed by atoms with Gasteiger partial charge in [-0.25, -0.2) is 9.37 Å². The Morgan fingerprint density at radius 3 is 2.34 bits per heavy atom. The number of quaternary nitrogens is 1. The zero-order valence-corrected chi connectivity index (χ0v) is 17.7. The number of carbonyl (C=O) groups is 2. The molecule has 0 fully saturated rings. The van der Waals surface area contributed by atoms with E-state index in [0.29, 0.717) is 33.0 Å². The molecule has 7 heteroatoms. The minimum Gasteiger partial charge on any atom is -0.334 e. The van der Waals surface area contributed by atoms with Gasteiger partial charge < -0.3 is 4.90 Å². The van der Waals surface area contributed by atoms with Crippen molar-refractivity contribution in [2.75, 3.05) is 31.1 Å². The minimum atomic E-state index is -0.321. The fourth-order valence-corrected chi connectivity index (χ4v) is 4.18. The Hall–Kier alpha value is -2.64. The Bertz CT molecular complexity index is 1010. The number of thiazole rings is 1. The van der Waals surface area contributed by atoms with Crippen LogP contribution in [-0.4, -0.2) is 42.9 Å². The van der Waals surface area contributed by atoms with Gasteiger partial charge in [-0.3, -0.25) is 14.5 Å². The number of likely N-dealkylation sites (N-methyl/N-ethyl adjacent to an activating group) is 1. The highest BCUT2D eigenvalue weighted by atomic mass is 32.1. The summed E-state index contributed by atoms with van der Waals surface area (Å²) in [4.78, 5) is 32.4. The molecule has 0 saturated heterocycles. The number of ketones is 1. The second kappa shape index (κ2) is 9.24. The van der Waals surface area contributed by atoms with Crippen LogP contribution >= 0.6 is 11.3 Å². The molecule has 0 aliphatic heterocycles. The Morgan fingerprint density at radius 1 is 1.07 bits per heavy atom. The number of nitrogens with one attached hydrogen (secondary N) is 1. The summed E-state index contributed by atoms with van der Waals surface area (Å²) in [5, 5.41) is 0.554. The quantitative estimate of drug-likeness (QED) is 0.576. The predicted octanol–water partition coefficient (Wildman–Crippen LogP) is 3.21. The number of nitrogens with zero attached hydrogens (tertiary/aromatic N) is 2. The summed E-state index contributed by atoms with van der Waals surface area (Å²) in [5.74, 6) is -0.539. The van der Waals surface area contributed by atoms with Crippen LogP contribution in [0.3, 0.4) is 0 Å². The van der Waals surface area contributed by atoms with Crippen molar-refractivity contribution in [3.63, 3.8) is 0 Å². The van der Waals surface area contributed by atoms with Gasteiger partial charge in [0.2, 0.25) is 0 Å². The van der Waals surface area contributed by atoms with Crippen molar-refractivity contribution in [3.8, 4) is 0 Å². The van der Waals surface area contributed by atoms with E-state index in [-0.39, 0.29) is 17.5 Å². The first-order valence-corrected chi connectivity index (χ1v) is 10.6. The average Bonchev–Trinajstić information content (AvgIpc) is 3.13. The molecule has 1 aromatic heterocycles. The molecule has 1 heterocycles. The topological polar surface area (TPSA) is 54.7 Å². The number of Topliss-reactive ketones (excluding diaryl/α,β-unsaturated/α-hetero) is 1. The van der Waals surface area contributed by atoms with E-state index in [1.807, 2.05) is 0 Å². The van der Waals surface area contributed by atoms with E-state index in [1.54, 1.807) is 35.2 Å². The van der Waals surface area contributed by atoms with Gasteiger partial charge in [0.1, 0.15) is 5.82 Å². The largest absolute Gasteiger partial charge is 0.334 e. The van der Waals surface area contributed by atoms with Crippen molar-refractivity contribution in [2.24, 2.45) is 0 Å². The summed E-state index contributed by atoms with van der Waals surface area (Å²) in [6.45, 7) is 8.96. The third kappa shape index (κ3) is 4.86. The van der Waals surface area contributed by atoms with Crippen LogP contribution in [0.25, 0.3) is 10.2 Å². The maximum absolute atomic E-state index is 13.6. The van der Waals surface area contributed by atoms with Gasteiger partial charge in [0.15, 0.2) is 10.9 Å². The second-order valence-electron chi connectivity index (χ2n) is 6.91. The van der Waals surface area contributed by atoms with Crippen molar-refractivity contribution >= 4 is 38.4 Å². The molecule has 0 bridgehead atoms. The van der Waals surface area contributed by atoms with Crippen molar-refractivity contribution < 1.29 is 18.9 Å². The van der Waals surface area contributed by atoms with Gasteiger partial charge in [0, 0.05) is 11.1 Å². The summed E-state index contributed by atoms with van der Waals surface area (Å²) in [6, 6.07) is 11.1. The van der Waals surface area contributed by atoms with Crippen LogP contribution in [0.4, 0.5) is 9.52 Å². The first-order chi connectivity index (χ1) is 13.9. The maximum atomic E-state index is 13.6. The Labute approximate surface area is 173 Å². The van der Waals surface area contributed by atoms with Crippen LogP contribution in [0.15, 0.2) is 42.5 Å². The monoisotopic (exact) mass is 414 g/mol. The lowest BCUT2D eigenvalue weighted by Gasteiger charge is -2.23. The Balaban J connectivity index is 1.94. The third-order valence-corrected chi connectivity index (χ3v) is 6.08. The molecule has 0 unspecified atom stereocenters. The molecule has 0 radical (unpaired) electrons. The number of benzene rings is 2. The lowest BCUT2D eigenvalue weighted by molar-refractivity contribution is -0.894. The molecule has 152 valence electrons. The molecular weight excluding hydrogens is 389 g/mol. The van der Waals surface area contributed by atoms with Gasteiger partial charge in [0.05, 0.1) is 36.4 Å². The lowest BCUT2D eigenvalue weighted by atomic mass is 10.1. The highest BCUT2D eigenvalue weighted by Gasteiger charge is 2.23. The van der Waals surface area contributed by atoms with E-state index in [9.17, 15) is 14.0 Å². The molecule has 1 amide bonds.